The Morgan fingerprint density at radius 2 is 1.57 bits per heavy atom. The van der Waals surface area contributed by atoms with Crippen molar-refractivity contribution in [1.82, 2.24) is 0 Å². The van der Waals surface area contributed by atoms with Crippen molar-refractivity contribution < 1.29 is 49.0 Å². The van der Waals surface area contributed by atoms with Gasteiger partial charge >= 0.3 is 19.5 Å². The monoisotopic (exact) mass is 214 g/mol. The molecule has 0 heterocycles. The van der Waals surface area contributed by atoms with Crippen molar-refractivity contribution in [3.05, 3.63) is 0 Å². The maximum atomic E-state index is 4.96. The fourth-order valence-corrected chi connectivity index (χ4v) is 0. The first-order valence-electron chi connectivity index (χ1n) is 0.964. The van der Waals surface area contributed by atoms with Gasteiger partial charge < -0.3 is 29.6 Å². The van der Waals surface area contributed by atoms with Crippen molar-refractivity contribution >= 4 is 11.6 Å². The smallest absolute Gasteiger partial charge is 1.00 e. The topological polar surface area (TPSA) is 9.23 Å². The Kier molecular flexibility index (Phi) is 88.0. The van der Waals surface area contributed by atoms with Crippen LogP contribution in [0.15, 0.2) is 0 Å². The van der Waals surface area contributed by atoms with Gasteiger partial charge in [0.25, 0.3) is 0 Å². The third-order valence-corrected chi connectivity index (χ3v) is 0.327. The average Bonchev–Trinajstić information content (AvgIpc) is 1.37. The molecule has 0 unspecified atom stereocenters. The molecule has 0 amide bonds. The Balaban J connectivity index is -0.0000000150. The average molecular weight is 217 g/mol. The first kappa shape index (κ1) is 23.7. The molecular weight excluding hydrogens is 212 g/mol. The quantitative estimate of drug-likeness (QED) is 0.315. The molecule has 0 spiro atoms. The van der Waals surface area contributed by atoms with E-state index >= 15 is 0 Å². The van der Waals surface area contributed by atoms with Crippen LogP contribution < -0.4 is 24.8 Å². The molecule has 0 aromatic carbocycles. The molecule has 0 aromatic heterocycles. The fraction of sp³-hybridized carbons (Fsp3) is 1.00. The van der Waals surface area contributed by atoms with Gasteiger partial charge in [0.15, 0.2) is 0 Å². The predicted octanol–water partition coefficient (Wildman–Crippen LogP) is -5.17. The van der Waals surface area contributed by atoms with Crippen LogP contribution in [-0.4, -0.2) is 13.2 Å². The number of ether oxygens (including phenoxy) is 1. The van der Waals surface area contributed by atoms with Crippen LogP contribution in [0.5, 0.6) is 0 Å². The second-order valence-corrected chi connectivity index (χ2v) is 0.616. The zero-order valence-corrected chi connectivity index (χ0v) is 9.19. The Morgan fingerprint density at radius 3 is 1.57 bits per heavy atom. The molecule has 0 rings (SSSR count). The molecule has 5 heteroatoms. The van der Waals surface area contributed by atoms with E-state index in [0.717, 1.165) is 0 Å². The van der Waals surface area contributed by atoms with E-state index < -0.39 is 0 Å². The van der Waals surface area contributed by atoms with Gasteiger partial charge in [0.1, 0.15) is 6.07 Å². The van der Waals surface area contributed by atoms with Crippen molar-refractivity contribution in [2.24, 2.45) is 0 Å². The van der Waals surface area contributed by atoms with E-state index in [1.165, 1.54) is 0 Å². The zero-order chi connectivity index (χ0) is 3.41. The molecule has 0 aliphatic heterocycles. The van der Waals surface area contributed by atoms with Crippen LogP contribution in [0.1, 0.15) is 0 Å². The molecule has 0 atom stereocenters. The molecule has 0 saturated carbocycles. The molecule has 1 nitrogen and oxygen atoms in total. The SMILES string of the molecule is COCCl.[Cl-].[Cl-].[Zn+2]. The molecule has 0 aromatic rings. The number of alkyl halides is 1. The van der Waals surface area contributed by atoms with E-state index in [2.05, 4.69) is 4.74 Å². The first-order chi connectivity index (χ1) is 1.91. The maximum absolute atomic E-state index is 4.96. The molecule has 7 heavy (non-hydrogen) atoms. The van der Waals surface area contributed by atoms with E-state index in [-0.39, 0.29) is 44.3 Å². The number of hydrogen-bond acceptors (Lipinski definition) is 1. The van der Waals surface area contributed by atoms with Crippen LogP contribution in [0.25, 0.3) is 0 Å². The first-order valence-corrected chi connectivity index (χ1v) is 1.50. The van der Waals surface area contributed by atoms with Gasteiger partial charge in [-0.15, -0.1) is 0 Å². The summed E-state index contributed by atoms with van der Waals surface area (Å²) >= 11 is 4.96. The van der Waals surface area contributed by atoms with Crippen molar-refractivity contribution in [3.63, 3.8) is 0 Å². The van der Waals surface area contributed by atoms with Crippen molar-refractivity contribution in [1.29, 1.82) is 0 Å². The van der Waals surface area contributed by atoms with E-state index in [9.17, 15) is 0 Å². The van der Waals surface area contributed by atoms with Crippen LogP contribution in [0, 0.1) is 0 Å². The van der Waals surface area contributed by atoms with Crippen molar-refractivity contribution in [2.75, 3.05) is 13.2 Å². The van der Waals surface area contributed by atoms with Gasteiger partial charge in [0.2, 0.25) is 0 Å². The Labute approximate surface area is 73.7 Å². The minimum Gasteiger partial charge on any atom is -1.00 e. The van der Waals surface area contributed by atoms with E-state index in [1.807, 2.05) is 0 Å². The fourth-order valence-electron chi connectivity index (χ4n) is 0. The van der Waals surface area contributed by atoms with Gasteiger partial charge in [-0.2, -0.15) is 0 Å². The van der Waals surface area contributed by atoms with Gasteiger partial charge in [-0.05, 0) is 0 Å². The predicted molar refractivity (Wildman–Crippen MR) is 17.7 cm³/mol. The number of halogens is 3. The Morgan fingerprint density at radius 1 is 1.43 bits per heavy atom. The minimum absolute atomic E-state index is 0. The normalized spacial score (nSPS) is 4.29. The van der Waals surface area contributed by atoms with E-state index in [0.29, 0.717) is 6.07 Å². The number of methoxy groups -OCH3 is 1. The van der Waals surface area contributed by atoms with E-state index in [4.69, 9.17) is 11.6 Å². The Hall–Kier alpha value is 1.45. The standard InChI is InChI=1S/C2H5ClO.2ClH.Zn/c1-4-2-3;;;/h2H2,1H3;2*1H;/q;;;+2/p-2. The van der Waals surface area contributed by atoms with Crippen molar-refractivity contribution in [2.45, 2.75) is 0 Å². The maximum Gasteiger partial charge on any atom is 2.00 e. The van der Waals surface area contributed by atoms with Gasteiger partial charge in [0, 0.05) is 7.11 Å². The van der Waals surface area contributed by atoms with Crippen LogP contribution in [0.4, 0.5) is 0 Å². The van der Waals surface area contributed by atoms with Crippen LogP contribution in [0.3, 0.4) is 0 Å². The summed E-state index contributed by atoms with van der Waals surface area (Å²) in [6, 6.07) is 0.292. The van der Waals surface area contributed by atoms with Crippen LogP contribution in [-0.2, 0) is 24.2 Å². The second kappa shape index (κ2) is 26.0. The molecule has 0 bridgehead atoms. The molecule has 0 N–H and O–H groups in total. The summed E-state index contributed by atoms with van der Waals surface area (Å²) in [7, 11) is 1.55. The van der Waals surface area contributed by atoms with Crippen LogP contribution in [0.2, 0.25) is 0 Å². The third kappa shape index (κ3) is 36.8. The summed E-state index contributed by atoms with van der Waals surface area (Å²) in [5, 5.41) is 0. The summed E-state index contributed by atoms with van der Waals surface area (Å²) in [6.45, 7) is 0. The summed E-state index contributed by atoms with van der Waals surface area (Å²) in [6.07, 6.45) is 0. The molecule has 0 fully saturated rings. The summed E-state index contributed by atoms with van der Waals surface area (Å²) in [5.74, 6) is 0. The van der Waals surface area contributed by atoms with Crippen molar-refractivity contribution in [3.8, 4) is 0 Å². The van der Waals surface area contributed by atoms with Gasteiger partial charge in [-0.3, -0.25) is 0 Å². The zero-order valence-electron chi connectivity index (χ0n) is 3.96. The van der Waals surface area contributed by atoms with Gasteiger partial charge in [0.05, 0.1) is 0 Å². The Bertz CT molecular complexity index is 14.9. The van der Waals surface area contributed by atoms with Crippen LogP contribution >= 0.6 is 11.6 Å². The molecule has 0 radical (unpaired) electrons. The van der Waals surface area contributed by atoms with Gasteiger partial charge in [-0.25, -0.2) is 0 Å². The van der Waals surface area contributed by atoms with E-state index in [1.54, 1.807) is 7.11 Å². The number of rotatable bonds is 1. The number of hydrogen-bond donors (Lipinski definition) is 0. The summed E-state index contributed by atoms with van der Waals surface area (Å²) in [5.41, 5.74) is 0. The molecular formula is C2H5Cl3OZn. The minimum atomic E-state index is 0. The third-order valence-electron chi connectivity index (χ3n) is 0.109. The summed E-state index contributed by atoms with van der Waals surface area (Å²) in [4.78, 5) is 0. The molecule has 0 aliphatic carbocycles. The second-order valence-electron chi connectivity index (χ2n) is 0.398. The summed E-state index contributed by atoms with van der Waals surface area (Å²) < 4.78 is 4.31. The largest absolute Gasteiger partial charge is 2.00 e. The molecule has 42 valence electrons. The van der Waals surface area contributed by atoms with Gasteiger partial charge in [-0.1, -0.05) is 11.6 Å². The molecule has 0 saturated heterocycles. The molecule has 0 aliphatic rings.